The van der Waals surface area contributed by atoms with Crippen LogP contribution in [0.4, 0.5) is 0 Å². The quantitative estimate of drug-likeness (QED) is 0.847. The Bertz CT molecular complexity index is 715. The van der Waals surface area contributed by atoms with Crippen LogP contribution in [0.5, 0.6) is 5.75 Å². The smallest absolute Gasteiger partial charge is 0.258 e. The van der Waals surface area contributed by atoms with E-state index in [4.69, 9.17) is 10.00 Å². The molecule has 1 amide bonds. The predicted octanol–water partition coefficient (Wildman–Crippen LogP) is 3.62. The SMILES string of the molecule is COc1ccccc1C(=O)N(Cc1ccc(C#N)cc1)C(C)C. The van der Waals surface area contributed by atoms with Crippen LogP contribution >= 0.6 is 0 Å². The van der Waals surface area contributed by atoms with Crippen molar-refractivity contribution in [2.75, 3.05) is 7.11 Å². The second kappa shape index (κ2) is 7.46. The Morgan fingerprint density at radius 2 is 1.83 bits per heavy atom. The first-order valence-electron chi connectivity index (χ1n) is 7.50. The topological polar surface area (TPSA) is 53.3 Å². The molecular weight excluding hydrogens is 288 g/mol. The van der Waals surface area contributed by atoms with Crippen LogP contribution in [0.1, 0.15) is 35.3 Å². The number of carbonyl (C=O) groups is 1. The first kappa shape index (κ1) is 16.6. The molecule has 0 saturated carbocycles. The molecule has 0 aliphatic carbocycles. The number of nitriles is 1. The summed E-state index contributed by atoms with van der Waals surface area (Å²) < 4.78 is 5.29. The molecule has 4 heteroatoms. The minimum Gasteiger partial charge on any atom is -0.496 e. The molecule has 0 fully saturated rings. The van der Waals surface area contributed by atoms with Gasteiger partial charge in [0.1, 0.15) is 5.75 Å². The summed E-state index contributed by atoms with van der Waals surface area (Å²) in [6.45, 7) is 4.45. The van der Waals surface area contributed by atoms with Crippen molar-refractivity contribution in [1.29, 1.82) is 5.26 Å². The second-order valence-electron chi connectivity index (χ2n) is 5.54. The third-order valence-electron chi connectivity index (χ3n) is 3.66. The molecule has 23 heavy (non-hydrogen) atoms. The van der Waals surface area contributed by atoms with E-state index in [-0.39, 0.29) is 11.9 Å². The molecule has 2 rings (SSSR count). The summed E-state index contributed by atoms with van der Waals surface area (Å²) in [7, 11) is 1.56. The summed E-state index contributed by atoms with van der Waals surface area (Å²) >= 11 is 0. The summed E-state index contributed by atoms with van der Waals surface area (Å²) in [6.07, 6.45) is 0. The largest absolute Gasteiger partial charge is 0.496 e. The van der Waals surface area contributed by atoms with E-state index in [9.17, 15) is 4.79 Å². The fourth-order valence-electron chi connectivity index (χ4n) is 2.35. The van der Waals surface area contributed by atoms with Gasteiger partial charge in [-0.1, -0.05) is 24.3 Å². The molecule has 0 atom stereocenters. The average Bonchev–Trinajstić information content (AvgIpc) is 2.59. The number of ether oxygens (including phenoxy) is 1. The van der Waals surface area contributed by atoms with Gasteiger partial charge in [0.2, 0.25) is 0 Å². The third kappa shape index (κ3) is 3.89. The van der Waals surface area contributed by atoms with Crippen LogP contribution in [-0.4, -0.2) is 24.0 Å². The van der Waals surface area contributed by atoms with Gasteiger partial charge in [-0.05, 0) is 43.7 Å². The lowest BCUT2D eigenvalue weighted by molar-refractivity contribution is 0.0687. The number of hydrogen-bond donors (Lipinski definition) is 0. The minimum absolute atomic E-state index is 0.0445. The molecule has 0 aromatic heterocycles. The van der Waals surface area contributed by atoms with Gasteiger partial charge >= 0.3 is 0 Å². The van der Waals surface area contributed by atoms with Gasteiger partial charge < -0.3 is 9.64 Å². The molecule has 0 aliphatic heterocycles. The molecule has 0 radical (unpaired) electrons. The Morgan fingerprint density at radius 3 is 2.39 bits per heavy atom. The number of amides is 1. The molecule has 0 spiro atoms. The van der Waals surface area contributed by atoms with Crippen molar-refractivity contribution in [3.8, 4) is 11.8 Å². The number of carbonyl (C=O) groups excluding carboxylic acids is 1. The summed E-state index contributed by atoms with van der Waals surface area (Å²) in [5.41, 5.74) is 2.15. The lowest BCUT2D eigenvalue weighted by atomic mass is 10.1. The van der Waals surface area contributed by atoms with E-state index < -0.39 is 0 Å². The minimum atomic E-state index is -0.0678. The summed E-state index contributed by atoms with van der Waals surface area (Å²) in [5, 5.41) is 8.86. The lowest BCUT2D eigenvalue weighted by Crippen LogP contribution is -2.36. The molecule has 2 aromatic carbocycles. The van der Waals surface area contributed by atoms with E-state index in [1.807, 2.05) is 38.1 Å². The predicted molar refractivity (Wildman–Crippen MR) is 89.2 cm³/mol. The molecule has 118 valence electrons. The van der Waals surface area contributed by atoms with Crippen LogP contribution < -0.4 is 4.74 Å². The van der Waals surface area contributed by atoms with Gasteiger partial charge in [0.15, 0.2) is 0 Å². The van der Waals surface area contributed by atoms with Crippen molar-refractivity contribution in [2.45, 2.75) is 26.4 Å². The number of para-hydroxylation sites is 1. The number of hydrogen-bond acceptors (Lipinski definition) is 3. The zero-order valence-corrected chi connectivity index (χ0v) is 13.6. The maximum Gasteiger partial charge on any atom is 0.258 e. The van der Waals surface area contributed by atoms with Crippen molar-refractivity contribution in [2.24, 2.45) is 0 Å². The van der Waals surface area contributed by atoms with Gasteiger partial charge in [-0.25, -0.2) is 0 Å². The lowest BCUT2D eigenvalue weighted by Gasteiger charge is -2.27. The Balaban J connectivity index is 2.27. The summed E-state index contributed by atoms with van der Waals surface area (Å²) in [6, 6.07) is 16.7. The van der Waals surface area contributed by atoms with E-state index in [0.717, 1.165) is 5.56 Å². The number of rotatable bonds is 5. The summed E-state index contributed by atoms with van der Waals surface area (Å²) in [5.74, 6) is 0.504. The monoisotopic (exact) mass is 308 g/mol. The van der Waals surface area contributed by atoms with Crippen LogP contribution in [0.2, 0.25) is 0 Å². The normalized spacial score (nSPS) is 10.2. The van der Waals surface area contributed by atoms with Crippen LogP contribution in [0.15, 0.2) is 48.5 Å². The highest BCUT2D eigenvalue weighted by Crippen LogP contribution is 2.21. The molecule has 0 heterocycles. The van der Waals surface area contributed by atoms with Gasteiger partial charge in [-0.2, -0.15) is 5.26 Å². The third-order valence-corrected chi connectivity index (χ3v) is 3.66. The molecule has 2 aromatic rings. The highest BCUT2D eigenvalue weighted by Gasteiger charge is 2.21. The first-order valence-corrected chi connectivity index (χ1v) is 7.50. The maximum absolute atomic E-state index is 12.9. The zero-order chi connectivity index (χ0) is 16.8. The second-order valence-corrected chi connectivity index (χ2v) is 5.54. The van der Waals surface area contributed by atoms with E-state index >= 15 is 0 Å². The molecule has 0 N–H and O–H groups in total. The molecule has 4 nitrogen and oxygen atoms in total. The zero-order valence-electron chi connectivity index (χ0n) is 13.6. The van der Waals surface area contributed by atoms with Gasteiger partial charge in [0.25, 0.3) is 5.91 Å². The van der Waals surface area contributed by atoms with Crippen LogP contribution in [0, 0.1) is 11.3 Å². The molecule has 0 bridgehead atoms. The van der Waals surface area contributed by atoms with Crippen molar-refractivity contribution in [3.05, 3.63) is 65.2 Å². The first-order chi connectivity index (χ1) is 11.1. The van der Waals surface area contributed by atoms with Gasteiger partial charge in [0.05, 0.1) is 24.3 Å². The van der Waals surface area contributed by atoms with Crippen LogP contribution in [0.25, 0.3) is 0 Å². The highest BCUT2D eigenvalue weighted by atomic mass is 16.5. The Labute approximate surface area is 136 Å². The number of benzene rings is 2. The van der Waals surface area contributed by atoms with Crippen LogP contribution in [-0.2, 0) is 6.54 Å². The van der Waals surface area contributed by atoms with Gasteiger partial charge in [-0.15, -0.1) is 0 Å². The Morgan fingerprint density at radius 1 is 1.17 bits per heavy atom. The van der Waals surface area contributed by atoms with Crippen LogP contribution in [0.3, 0.4) is 0 Å². The highest BCUT2D eigenvalue weighted by molar-refractivity contribution is 5.97. The Kier molecular flexibility index (Phi) is 5.37. The van der Waals surface area contributed by atoms with Crippen molar-refractivity contribution < 1.29 is 9.53 Å². The van der Waals surface area contributed by atoms with Gasteiger partial charge in [0, 0.05) is 12.6 Å². The van der Waals surface area contributed by atoms with E-state index in [1.165, 1.54) is 0 Å². The van der Waals surface area contributed by atoms with Crippen molar-refractivity contribution >= 4 is 5.91 Å². The average molecular weight is 308 g/mol. The van der Waals surface area contributed by atoms with Crippen molar-refractivity contribution in [1.82, 2.24) is 4.90 Å². The fraction of sp³-hybridized carbons (Fsp3) is 0.263. The van der Waals surface area contributed by atoms with E-state index in [2.05, 4.69) is 6.07 Å². The standard InChI is InChI=1S/C19H20N2O2/c1-14(2)21(13-16-10-8-15(12-20)9-11-16)19(22)17-6-4-5-7-18(17)23-3/h4-11,14H,13H2,1-3H3. The molecular formula is C19H20N2O2. The molecule has 0 aliphatic rings. The van der Waals surface area contributed by atoms with E-state index in [1.54, 1.807) is 36.3 Å². The van der Waals surface area contributed by atoms with E-state index in [0.29, 0.717) is 23.4 Å². The fourth-order valence-corrected chi connectivity index (χ4v) is 2.35. The number of nitrogens with zero attached hydrogens (tertiary/aromatic N) is 2. The van der Waals surface area contributed by atoms with Gasteiger partial charge in [-0.3, -0.25) is 4.79 Å². The maximum atomic E-state index is 12.9. The Hall–Kier alpha value is -2.80. The molecule has 0 unspecified atom stereocenters. The summed E-state index contributed by atoms with van der Waals surface area (Å²) in [4.78, 5) is 14.7. The number of methoxy groups -OCH3 is 1. The molecule has 0 saturated heterocycles. The van der Waals surface area contributed by atoms with Crippen molar-refractivity contribution in [3.63, 3.8) is 0 Å².